The number of nitrogens with zero attached hydrogens (tertiary/aromatic N) is 2. The van der Waals surface area contributed by atoms with Gasteiger partial charge in [0, 0.05) is 62.9 Å². The van der Waals surface area contributed by atoms with Crippen molar-refractivity contribution in [1.82, 2.24) is 4.98 Å². The molecule has 220 valence electrons. The van der Waals surface area contributed by atoms with Gasteiger partial charge in [0.1, 0.15) is 0 Å². The minimum absolute atomic E-state index is 1.02. The van der Waals surface area contributed by atoms with E-state index in [0.29, 0.717) is 0 Å². The average Bonchev–Trinajstić information content (AvgIpc) is 3.53. The fourth-order valence-electron chi connectivity index (χ4n) is 7.16. The Balaban J connectivity index is 1.30. The minimum atomic E-state index is 1.02. The first-order valence-electron chi connectivity index (χ1n) is 15.8. The molecule has 4 heteroatoms. The van der Waals surface area contributed by atoms with Crippen LogP contribution < -0.4 is 4.90 Å². The van der Waals surface area contributed by atoms with Crippen LogP contribution in [-0.2, 0) is 0 Å². The molecule has 3 heterocycles. The van der Waals surface area contributed by atoms with Gasteiger partial charge >= 0.3 is 0 Å². The van der Waals surface area contributed by atoms with Gasteiger partial charge < -0.3 is 4.90 Å². The van der Waals surface area contributed by atoms with Gasteiger partial charge in [-0.05, 0) is 60.2 Å². The summed E-state index contributed by atoms with van der Waals surface area (Å²) >= 11 is 3.73. The van der Waals surface area contributed by atoms with E-state index in [9.17, 15) is 0 Å². The predicted molar refractivity (Wildman–Crippen MR) is 202 cm³/mol. The lowest BCUT2D eigenvalue weighted by atomic mass is 9.92. The largest absolute Gasteiger partial charge is 0.308 e. The van der Waals surface area contributed by atoms with Crippen LogP contribution in [0.3, 0.4) is 0 Å². The summed E-state index contributed by atoms with van der Waals surface area (Å²) in [4.78, 5) is 10.3. The molecule has 0 amide bonds. The van der Waals surface area contributed by atoms with Gasteiger partial charge in [-0.3, -0.25) is 0 Å². The Morgan fingerprint density at radius 2 is 1.15 bits per heavy atom. The first-order chi connectivity index (χ1) is 23.3. The van der Waals surface area contributed by atoms with Crippen LogP contribution >= 0.6 is 23.1 Å². The molecule has 1 aliphatic heterocycles. The van der Waals surface area contributed by atoms with Gasteiger partial charge in [0.05, 0.1) is 22.6 Å². The number of hydrogen-bond acceptors (Lipinski definition) is 4. The van der Waals surface area contributed by atoms with Crippen molar-refractivity contribution >= 4 is 82.0 Å². The molecule has 2 aromatic heterocycles. The van der Waals surface area contributed by atoms with Crippen LogP contribution in [0.15, 0.2) is 168 Å². The maximum absolute atomic E-state index is 5.31. The molecule has 0 atom stereocenters. The van der Waals surface area contributed by atoms with Crippen LogP contribution in [-0.4, -0.2) is 4.98 Å². The molecule has 0 unspecified atom stereocenters. The summed E-state index contributed by atoms with van der Waals surface area (Å²) in [6, 6.07) is 57.0. The van der Waals surface area contributed by atoms with Gasteiger partial charge in [-0.25, -0.2) is 4.98 Å². The molecule has 7 aromatic carbocycles. The number of thiophene rings is 1. The molecule has 0 N–H and O–H groups in total. The highest BCUT2D eigenvalue weighted by molar-refractivity contribution is 7.99. The fraction of sp³-hybridized carbons (Fsp3) is 0. The predicted octanol–water partition coefficient (Wildman–Crippen LogP) is 13.0. The first-order valence-corrected chi connectivity index (χ1v) is 17.4. The number of pyridine rings is 1. The topological polar surface area (TPSA) is 16.1 Å². The molecule has 9 aromatic rings. The van der Waals surface area contributed by atoms with Crippen LogP contribution in [0.25, 0.3) is 64.2 Å². The maximum Gasteiger partial charge on any atom is 0.0788 e. The molecule has 0 spiro atoms. The number of anilines is 3. The standard InChI is InChI=1S/C43H26N2S2/c1-2-13-27(14-3-1)42-33-26-32(43-41(31-18-5-9-22-37(31)47-43)40(33)30-17-4-6-19-34(30)44-42)28-15-12-16-29(25-28)45-35-20-7-10-23-38(35)46-39-24-11-8-21-36(39)45/h1-26H. The lowest BCUT2D eigenvalue weighted by Gasteiger charge is -2.33. The molecule has 0 saturated carbocycles. The summed E-state index contributed by atoms with van der Waals surface area (Å²) in [5.41, 5.74) is 9.16. The van der Waals surface area contributed by atoms with E-state index in [0.717, 1.165) is 22.5 Å². The quantitative estimate of drug-likeness (QED) is 0.180. The van der Waals surface area contributed by atoms with E-state index in [1.807, 2.05) is 23.1 Å². The van der Waals surface area contributed by atoms with Gasteiger partial charge in [-0.1, -0.05) is 115 Å². The normalized spacial score (nSPS) is 12.6. The molecule has 0 fully saturated rings. The van der Waals surface area contributed by atoms with Gasteiger partial charge in [0.15, 0.2) is 0 Å². The third-order valence-corrected chi connectivity index (χ3v) is 11.5. The van der Waals surface area contributed by atoms with Crippen molar-refractivity contribution in [3.05, 3.63) is 158 Å². The zero-order valence-electron chi connectivity index (χ0n) is 25.2. The number of hydrogen-bond donors (Lipinski definition) is 0. The number of aromatic nitrogens is 1. The highest BCUT2D eigenvalue weighted by Crippen LogP contribution is 2.52. The second-order valence-corrected chi connectivity index (χ2v) is 14.1. The molecular weight excluding hydrogens is 609 g/mol. The maximum atomic E-state index is 5.31. The molecule has 0 saturated heterocycles. The minimum Gasteiger partial charge on any atom is -0.308 e. The highest BCUT2D eigenvalue weighted by Gasteiger charge is 2.25. The number of benzene rings is 7. The van der Waals surface area contributed by atoms with Crippen LogP contribution in [0, 0.1) is 0 Å². The highest BCUT2D eigenvalue weighted by atomic mass is 32.2. The first kappa shape index (κ1) is 26.8. The number of para-hydroxylation sites is 3. The van der Waals surface area contributed by atoms with E-state index in [1.54, 1.807) is 0 Å². The molecular formula is C43H26N2S2. The van der Waals surface area contributed by atoms with Crippen molar-refractivity contribution in [3.8, 4) is 22.4 Å². The summed E-state index contributed by atoms with van der Waals surface area (Å²) in [7, 11) is 0. The molecule has 1 aliphatic rings. The summed E-state index contributed by atoms with van der Waals surface area (Å²) in [6.45, 7) is 0. The van der Waals surface area contributed by atoms with E-state index in [4.69, 9.17) is 4.98 Å². The third-order valence-electron chi connectivity index (χ3n) is 9.20. The lowest BCUT2D eigenvalue weighted by Crippen LogP contribution is -2.14. The SMILES string of the molecule is c1ccc(-c2nc3ccccc3c3c2cc(-c2cccc(N4c5ccccc5Sc5ccccc54)c2)c2sc4ccccc4c23)cc1. The van der Waals surface area contributed by atoms with Gasteiger partial charge in [-0.15, -0.1) is 11.3 Å². The molecule has 0 radical (unpaired) electrons. The average molecular weight is 635 g/mol. The second-order valence-electron chi connectivity index (χ2n) is 11.9. The van der Waals surface area contributed by atoms with E-state index in [-0.39, 0.29) is 0 Å². The van der Waals surface area contributed by atoms with Crippen LogP contribution in [0.4, 0.5) is 17.1 Å². The van der Waals surface area contributed by atoms with Crippen molar-refractivity contribution in [1.29, 1.82) is 0 Å². The molecule has 0 aliphatic carbocycles. The Morgan fingerprint density at radius 3 is 1.96 bits per heavy atom. The van der Waals surface area contributed by atoms with E-state index < -0.39 is 0 Å². The van der Waals surface area contributed by atoms with Gasteiger partial charge in [0.2, 0.25) is 0 Å². The monoisotopic (exact) mass is 634 g/mol. The van der Waals surface area contributed by atoms with E-state index in [1.165, 1.54) is 68.6 Å². The Kier molecular flexibility index (Phi) is 6.01. The summed E-state index contributed by atoms with van der Waals surface area (Å²) < 4.78 is 2.60. The molecule has 10 rings (SSSR count). The Morgan fingerprint density at radius 1 is 0.489 bits per heavy atom. The van der Waals surface area contributed by atoms with E-state index in [2.05, 4.69) is 163 Å². The zero-order valence-corrected chi connectivity index (χ0v) is 26.9. The lowest BCUT2D eigenvalue weighted by molar-refractivity contribution is 1.17. The number of rotatable bonds is 3. The van der Waals surface area contributed by atoms with Crippen molar-refractivity contribution in [2.75, 3.05) is 4.90 Å². The summed E-state index contributed by atoms with van der Waals surface area (Å²) in [5, 5.41) is 6.25. The van der Waals surface area contributed by atoms with Crippen molar-refractivity contribution < 1.29 is 0 Å². The zero-order chi connectivity index (χ0) is 30.9. The van der Waals surface area contributed by atoms with Gasteiger partial charge in [-0.2, -0.15) is 0 Å². The molecule has 0 bridgehead atoms. The van der Waals surface area contributed by atoms with Crippen molar-refractivity contribution in [2.24, 2.45) is 0 Å². The second kappa shape index (κ2) is 10.6. The number of fused-ring (bicyclic) bond motifs is 9. The molecule has 47 heavy (non-hydrogen) atoms. The van der Waals surface area contributed by atoms with Crippen molar-refractivity contribution in [2.45, 2.75) is 9.79 Å². The Bertz CT molecular complexity index is 2630. The van der Waals surface area contributed by atoms with Crippen LogP contribution in [0.5, 0.6) is 0 Å². The third kappa shape index (κ3) is 4.15. The van der Waals surface area contributed by atoms with Crippen molar-refractivity contribution in [3.63, 3.8) is 0 Å². The fourth-order valence-corrected chi connectivity index (χ4v) is 9.46. The Labute approximate surface area is 280 Å². The Hall–Kier alpha value is -5.42. The summed E-state index contributed by atoms with van der Waals surface area (Å²) in [5.74, 6) is 0. The van der Waals surface area contributed by atoms with Crippen LogP contribution in [0.1, 0.15) is 0 Å². The summed E-state index contributed by atoms with van der Waals surface area (Å²) in [6.07, 6.45) is 0. The van der Waals surface area contributed by atoms with Crippen LogP contribution in [0.2, 0.25) is 0 Å². The van der Waals surface area contributed by atoms with E-state index >= 15 is 0 Å². The smallest absolute Gasteiger partial charge is 0.0788 e. The molecule has 2 nitrogen and oxygen atoms in total. The van der Waals surface area contributed by atoms with Gasteiger partial charge in [0.25, 0.3) is 0 Å².